The number of hydrogen-bond donors (Lipinski definition) is 0. The molecule has 0 aromatic heterocycles. The molecule has 1 aliphatic heterocycles. The fourth-order valence-electron chi connectivity index (χ4n) is 4.27. The van der Waals surface area contributed by atoms with Crippen molar-refractivity contribution in [2.24, 2.45) is 0 Å². The molecule has 1 fully saturated rings. The highest BCUT2D eigenvalue weighted by atomic mass is 32.2. The normalized spacial score (nSPS) is 14.5. The van der Waals surface area contributed by atoms with Crippen molar-refractivity contribution in [2.45, 2.75) is 27.0 Å². The molecule has 2 amide bonds. The number of imide groups is 1. The summed E-state index contributed by atoms with van der Waals surface area (Å²) in [6.45, 7) is 5.04. The molecule has 0 radical (unpaired) electrons. The SMILES string of the molecule is CCOc1cc(/C=C2/SC(=O)N(Cc3cccc(C)c3)C2=O)ccc1OCc1ccc2ccccc2c1. The molecule has 1 heterocycles. The van der Waals surface area contributed by atoms with Gasteiger partial charge in [0.05, 0.1) is 18.1 Å². The molecule has 6 heteroatoms. The molecule has 0 spiro atoms. The largest absolute Gasteiger partial charge is 0.490 e. The summed E-state index contributed by atoms with van der Waals surface area (Å²) in [5, 5.41) is 2.09. The van der Waals surface area contributed by atoms with Crippen molar-refractivity contribution in [2.75, 3.05) is 6.61 Å². The Balaban J connectivity index is 1.32. The van der Waals surface area contributed by atoms with E-state index in [1.807, 2.05) is 68.4 Å². The number of carbonyl (C=O) groups excluding carboxylic acids is 2. The van der Waals surface area contributed by atoms with Crippen LogP contribution in [0.3, 0.4) is 0 Å². The monoisotopic (exact) mass is 509 g/mol. The first-order chi connectivity index (χ1) is 18.0. The molecule has 0 N–H and O–H groups in total. The number of rotatable bonds is 8. The summed E-state index contributed by atoms with van der Waals surface area (Å²) in [4.78, 5) is 27.3. The minimum Gasteiger partial charge on any atom is -0.490 e. The van der Waals surface area contributed by atoms with Gasteiger partial charge in [0.2, 0.25) is 0 Å². The Labute approximate surface area is 220 Å². The van der Waals surface area contributed by atoms with Gasteiger partial charge in [-0.05, 0) is 77.3 Å². The third-order valence-electron chi connectivity index (χ3n) is 6.07. The van der Waals surface area contributed by atoms with Gasteiger partial charge in [-0.3, -0.25) is 14.5 Å². The fourth-order valence-corrected chi connectivity index (χ4v) is 5.11. The summed E-state index contributed by atoms with van der Waals surface area (Å²) < 4.78 is 11.9. The molecule has 4 aromatic rings. The van der Waals surface area contributed by atoms with Gasteiger partial charge in [0.1, 0.15) is 6.61 Å². The third kappa shape index (κ3) is 5.70. The number of amides is 2. The van der Waals surface area contributed by atoms with Crippen LogP contribution >= 0.6 is 11.8 Å². The van der Waals surface area contributed by atoms with E-state index in [-0.39, 0.29) is 17.7 Å². The van der Waals surface area contributed by atoms with Crippen LogP contribution in [0.4, 0.5) is 4.79 Å². The standard InChI is InChI=1S/C31H27NO4S/c1-3-35-28-17-22(12-14-27(28)36-20-24-11-13-25-9-4-5-10-26(25)16-24)18-29-30(33)32(31(34)37-29)19-23-8-6-7-21(2)15-23/h4-18H,3,19-20H2,1-2H3/b29-18+. The van der Waals surface area contributed by atoms with Crippen molar-refractivity contribution < 1.29 is 19.1 Å². The van der Waals surface area contributed by atoms with E-state index in [1.54, 1.807) is 6.08 Å². The summed E-state index contributed by atoms with van der Waals surface area (Å²) >= 11 is 0.958. The van der Waals surface area contributed by atoms with Crippen LogP contribution < -0.4 is 9.47 Å². The van der Waals surface area contributed by atoms with E-state index in [0.717, 1.165) is 34.0 Å². The molecule has 37 heavy (non-hydrogen) atoms. The van der Waals surface area contributed by atoms with E-state index < -0.39 is 0 Å². The van der Waals surface area contributed by atoms with Crippen LogP contribution in [-0.2, 0) is 17.9 Å². The summed E-state index contributed by atoms with van der Waals surface area (Å²) in [5.41, 5.74) is 3.84. The number of thioether (sulfide) groups is 1. The highest BCUT2D eigenvalue weighted by Crippen LogP contribution is 2.35. The first kappa shape index (κ1) is 24.7. The fraction of sp³-hybridized carbons (Fsp3) is 0.161. The van der Waals surface area contributed by atoms with E-state index in [1.165, 1.54) is 15.7 Å². The molecular weight excluding hydrogens is 482 g/mol. The molecule has 186 valence electrons. The Morgan fingerprint density at radius 1 is 0.811 bits per heavy atom. The summed E-state index contributed by atoms with van der Waals surface area (Å²) in [6.07, 6.45) is 1.73. The van der Waals surface area contributed by atoms with E-state index in [4.69, 9.17) is 9.47 Å². The highest BCUT2D eigenvalue weighted by molar-refractivity contribution is 8.18. The van der Waals surface area contributed by atoms with E-state index >= 15 is 0 Å². The van der Waals surface area contributed by atoms with Gasteiger partial charge in [0, 0.05) is 0 Å². The lowest BCUT2D eigenvalue weighted by Crippen LogP contribution is -2.27. The Hall–Kier alpha value is -4.03. The number of hydrogen-bond acceptors (Lipinski definition) is 5. The molecule has 5 nitrogen and oxygen atoms in total. The molecule has 0 unspecified atom stereocenters. The summed E-state index contributed by atoms with van der Waals surface area (Å²) in [5.74, 6) is 0.932. The number of aryl methyl sites for hydroxylation is 1. The maximum absolute atomic E-state index is 13.0. The van der Waals surface area contributed by atoms with E-state index in [2.05, 4.69) is 30.3 Å². The number of ether oxygens (including phenoxy) is 2. The van der Waals surface area contributed by atoms with Gasteiger partial charge < -0.3 is 9.47 Å². The molecular formula is C31H27NO4S. The number of benzene rings is 4. The average molecular weight is 510 g/mol. The summed E-state index contributed by atoms with van der Waals surface area (Å²) in [6, 6.07) is 27.9. The molecule has 0 saturated carbocycles. The molecule has 4 aromatic carbocycles. The van der Waals surface area contributed by atoms with Crippen molar-refractivity contribution in [3.05, 3.63) is 112 Å². The van der Waals surface area contributed by atoms with Gasteiger partial charge in [-0.25, -0.2) is 0 Å². The van der Waals surface area contributed by atoms with Crippen molar-refractivity contribution in [1.82, 2.24) is 4.90 Å². The lowest BCUT2D eigenvalue weighted by molar-refractivity contribution is -0.123. The zero-order chi connectivity index (χ0) is 25.8. The molecule has 0 atom stereocenters. The van der Waals surface area contributed by atoms with Crippen LogP contribution in [0.25, 0.3) is 16.8 Å². The van der Waals surface area contributed by atoms with Gasteiger partial charge in [-0.2, -0.15) is 0 Å². The average Bonchev–Trinajstić information content (AvgIpc) is 3.15. The molecule has 0 bridgehead atoms. The maximum atomic E-state index is 13.0. The summed E-state index contributed by atoms with van der Waals surface area (Å²) in [7, 11) is 0. The lowest BCUT2D eigenvalue weighted by Gasteiger charge is -2.13. The second-order valence-electron chi connectivity index (χ2n) is 8.87. The quantitative estimate of drug-likeness (QED) is 0.232. The van der Waals surface area contributed by atoms with E-state index in [9.17, 15) is 9.59 Å². The van der Waals surface area contributed by atoms with Crippen LogP contribution in [0.15, 0.2) is 89.8 Å². The smallest absolute Gasteiger partial charge is 0.293 e. The lowest BCUT2D eigenvalue weighted by atomic mass is 10.1. The zero-order valence-electron chi connectivity index (χ0n) is 20.8. The number of nitrogens with zero attached hydrogens (tertiary/aromatic N) is 1. The minimum absolute atomic E-state index is 0.259. The molecule has 1 saturated heterocycles. The number of fused-ring (bicyclic) bond motifs is 1. The van der Waals surface area contributed by atoms with Crippen LogP contribution in [0.1, 0.15) is 29.2 Å². The number of carbonyl (C=O) groups is 2. The van der Waals surface area contributed by atoms with Crippen LogP contribution in [0.5, 0.6) is 11.5 Å². The maximum Gasteiger partial charge on any atom is 0.293 e. The second-order valence-corrected chi connectivity index (χ2v) is 9.86. The first-order valence-corrected chi connectivity index (χ1v) is 13.0. The predicted molar refractivity (Wildman–Crippen MR) is 149 cm³/mol. The van der Waals surface area contributed by atoms with Crippen molar-refractivity contribution in [1.29, 1.82) is 0 Å². The van der Waals surface area contributed by atoms with Crippen molar-refractivity contribution >= 4 is 39.8 Å². The van der Waals surface area contributed by atoms with Gasteiger partial charge in [-0.1, -0.05) is 72.3 Å². The minimum atomic E-state index is -0.286. The zero-order valence-corrected chi connectivity index (χ0v) is 21.6. The first-order valence-electron chi connectivity index (χ1n) is 12.2. The third-order valence-corrected chi connectivity index (χ3v) is 6.98. The molecule has 5 rings (SSSR count). The Morgan fingerprint density at radius 2 is 1.65 bits per heavy atom. The Kier molecular flexibility index (Phi) is 7.28. The predicted octanol–water partition coefficient (Wildman–Crippen LogP) is 7.36. The molecule has 1 aliphatic rings. The van der Waals surface area contributed by atoms with Crippen LogP contribution in [0, 0.1) is 6.92 Å². The van der Waals surface area contributed by atoms with Gasteiger partial charge >= 0.3 is 0 Å². The van der Waals surface area contributed by atoms with Gasteiger partial charge in [0.25, 0.3) is 11.1 Å². The van der Waals surface area contributed by atoms with Crippen LogP contribution in [-0.4, -0.2) is 22.7 Å². The van der Waals surface area contributed by atoms with Gasteiger partial charge in [0.15, 0.2) is 11.5 Å². The topological polar surface area (TPSA) is 55.8 Å². The van der Waals surface area contributed by atoms with Crippen LogP contribution in [0.2, 0.25) is 0 Å². The Bertz CT molecular complexity index is 1510. The molecule has 0 aliphatic carbocycles. The second kappa shape index (κ2) is 10.9. The van der Waals surface area contributed by atoms with Crippen molar-refractivity contribution in [3.8, 4) is 11.5 Å². The van der Waals surface area contributed by atoms with E-state index in [0.29, 0.717) is 29.6 Å². The Morgan fingerprint density at radius 3 is 2.46 bits per heavy atom. The van der Waals surface area contributed by atoms with Crippen molar-refractivity contribution in [3.63, 3.8) is 0 Å². The van der Waals surface area contributed by atoms with Gasteiger partial charge in [-0.15, -0.1) is 0 Å². The highest BCUT2D eigenvalue weighted by Gasteiger charge is 2.35.